The molecule has 0 aliphatic heterocycles. The van der Waals surface area contributed by atoms with Crippen molar-refractivity contribution in [2.75, 3.05) is 7.11 Å². The minimum absolute atomic E-state index is 0.114. The Morgan fingerprint density at radius 3 is 2.69 bits per heavy atom. The van der Waals surface area contributed by atoms with E-state index in [1.54, 1.807) is 30.1 Å². The molecule has 0 aliphatic rings. The van der Waals surface area contributed by atoms with Crippen molar-refractivity contribution < 1.29 is 14.3 Å². The highest BCUT2D eigenvalue weighted by Crippen LogP contribution is 2.24. The highest BCUT2D eigenvalue weighted by atomic mass is 16.5. The molecule has 0 saturated carbocycles. The number of carbonyl (C=O) groups is 2. The number of hydrogen-bond acceptors (Lipinski definition) is 5. The van der Waals surface area contributed by atoms with E-state index in [-0.39, 0.29) is 24.3 Å². The van der Waals surface area contributed by atoms with E-state index in [0.717, 1.165) is 16.8 Å². The van der Waals surface area contributed by atoms with Gasteiger partial charge in [-0.2, -0.15) is 5.10 Å². The molecule has 1 amide bonds. The molecular weight excluding hydrogens is 368 g/mol. The van der Waals surface area contributed by atoms with Crippen LogP contribution in [0, 0.1) is 0 Å². The zero-order chi connectivity index (χ0) is 20.6. The van der Waals surface area contributed by atoms with E-state index in [9.17, 15) is 9.59 Å². The SMILES string of the molecule is COC(=O)CC(C)NC(=O)/C=C/c1cn(-c2ccccc2)nc1-c1cccnc1. The number of pyridine rings is 1. The molecule has 148 valence electrons. The van der Waals surface area contributed by atoms with Gasteiger partial charge in [0.15, 0.2) is 0 Å². The van der Waals surface area contributed by atoms with Crippen LogP contribution in [0.5, 0.6) is 0 Å². The van der Waals surface area contributed by atoms with Crippen LogP contribution in [0.2, 0.25) is 0 Å². The lowest BCUT2D eigenvalue weighted by Gasteiger charge is -2.10. The maximum absolute atomic E-state index is 12.2. The maximum Gasteiger partial charge on any atom is 0.307 e. The van der Waals surface area contributed by atoms with Crippen LogP contribution in [0.4, 0.5) is 0 Å². The molecule has 3 rings (SSSR count). The summed E-state index contributed by atoms with van der Waals surface area (Å²) in [6, 6.07) is 13.1. The molecule has 1 N–H and O–H groups in total. The van der Waals surface area contributed by atoms with Crippen molar-refractivity contribution in [2.45, 2.75) is 19.4 Å². The van der Waals surface area contributed by atoms with Gasteiger partial charge in [-0.1, -0.05) is 18.2 Å². The molecule has 7 heteroatoms. The molecular formula is C22H22N4O3. The van der Waals surface area contributed by atoms with Crippen LogP contribution in [0.25, 0.3) is 23.0 Å². The predicted molar refractivity (Wildman–Crippen MR) is 110 cm³/mol. The van der Waals surface area contributed by atoms with Gasteiger partial charge in [0, 0.05) is 41.8 Å². The molecule has 1 aromatic carbocycles. The number of amides is 1. The number of aromatic nitrogens is 3. The van der Waals surface area contributed by atoms with E-state index in [1.165, 1.54) is 13.2 Å². The summed E-state index contributed by atoms with van der Waals surface area (Å²) in [4.78, 5) is 27.7. The van der Waals surface area contributed by atoms with Gasteiger partial charge >= 0.3 is 5.97 Å². The van der Waals surface area contributed by atoms with Crippen LogP contribution in [0.3, 0.4) is 0 Å². The molecule has 0 fully saturated rings. The fraction of sp³-hybridized carbons (Fsp3) is 0.182. The molecule has 2 aromatic heterocycles. The highest BCUT2D eigenvalue weighted by molar-refractivity contribution is 5.93. The molecule has 0 saturated heterocycles. The Morgan fingerprint density at radius 1 is 1.21 bits per heavy atom. The molecule has 29 heavy (non-hydrogen) atoms. The Kier molecular flexibility index (Phi) is 6.52. The van der Waals surface area contributed by atoms with Gasteiger partial charge in [-0.15, -0.1) is 0 Å². The van der Waals surface area contributed by atoms with Crippen molar-refractivity contribution in [3.63, 3.8) is 0 Å². The lowest BCUT2D eigenvalue weighted by atomic mass is 10.1. The van der Waals surface area contributed by atoms with Gasteiger partial charge in [0.2, 0.25) is 5.91 Å². The second kappa shape index (κ2) is 9.45. The lowest BCUT2D eigenvalue weighted by molar-refractivity contribution is -0.141. The topological polar surface area (TPSA) is 86.1 Å². The van der Waals surface area contributed by atoms with E-state index in [0.29, 0.717) is 5.69 Å². The van der Waals surface area contributed by atoms with Gasteiger partial charge in [-0.25, -0.2) is 4.68 Å². The number of nitrogens with zero attached hydrogens (tertiary/aromatic N) is 3. The van der Waals surface area contributed by atoms with Gasteiger partial charge in [0.05, 0.1) is 19.2 Å². The van der Waals surface area contributed by atoms with Crippen molar-refractivity contribution in [1.82, 2.24) is 20.1 Å². The average molecular weight is 390 g/mol. The fourth-order valence-electron chi connectivity index (χ4n) is 2.79. The lowest BCUT2D eigenvalue weighted by Crippen LogP contribution is -2.33. The van der Waals surface area contributed by atoms with E-state index < -0.39 is 0 Å². The number of carbonyl (C=O) groups excluding carboxylic acids is 2. The Bertz CT molecular complexity index is 997. The third-order valence-electron chi connectivity index (χ3n) is 4.20. The summed E-state index contributed by atoms with van der Waals surface area (Å²) in [6.07, 6.45) is 8.54. The van der Waals surface area contributed by atoms with Gasteiger partial charge < -0.3 is 10.1 Å². The summed E-state index contributed by atoms with van der Waals surface area (Å²) in [5.41, 5.74) is 3.25. The van der Waals surface area contributed by atoms with E-state index >= 15 is 0 Å². The largest absolute Gasteiger partial charge is 0.469 e. The quantitative estimate of drug-likeness (QED) is 0.495. The van der Waals surface area contributed by atoms with Gasteiger partial charge in [-0.05, 0) is 37.3 Å². The normalized spacial score (nSPS) is 11.9. The zero-order valence-electron chi connectivity index (χ0n) is 16.3. The van der Waals surface area contributed by atoms with E-state index in [4.69, 9.17) is 0 Å². The van der Waals surface area contributed by atoms with Crippen LogP contribution >= 0.6 is 0 Å². The Hall–Kier alpha value is -3.74. The molecule has 0 aliphatic carbocycles. The van der Waals surface area contributed by atoms with Gasteiger partial charge in [-0.3, -0.25) is 14.6 Å². The highest BCUT2D eigenvalue weighted by Gasteiger charge is 2.13. The average Bonchev–Trinajstić information content (AvgIpc) is 3.17. The summed E-state index contributed by atoms with van der Waals surface area (Å²) in [7, 11) is 1.32. The first kappa shape index (κ1) is 20.0. The van der Waals surface area contributed by atoms with Crippen molar-refractivity contribution in [1.29, 1.82) is 0 Å². The molecule has 1 atom stereocenters. The third-order valence-corrected chi connectivity index (χ3v) is 4.20. The summed E-state index contributed by atoms with van der Waals surface area (Å²) in [5, 5.41) is 7.42. The number of nitrogens with one attached hydrogen (secondary N) is 1. The zero-order valence-corrected chi connectivity index (χ0v) is 16.3. The predicted octanol–water partition coefficient (Wildman–Crippen LogP) is 3.02. The minimum Gasteiger partial charge on any atom is -0.469 e. The van der Waals surface area contributed by atoms with Crippen LogP contribution in [0.1, 0.15) is 18.9 Å². The van der Waals surface area contributed by atoms with Crippen LogP contribution in [0.15, 0.2) is 67.1 Å². The number of ether oxygens (including phenoxy) is 1. The van der Waals surface area contributed by atoms with E-state index in [1.807, 2.05) is 48.7 Å². The molecule has 2 heterocycles. The number of esters is 1. The Morgan fingerprint density at radius 2 is 2.00 bits per heavy atom. The van der Waals surface area contributed by atoms with Crippen LogP contribution in [-0.4, -0.2) is 39.8 Å². The number of rotatable bonds is 7. The van der Waals surface area contributed by atoms with Gasteiger partial charge in [0.25, 0.3) is 0 Å². The molecule has 7 nitrogen and oxygen atoms in total. The first-order valence-corrected chi connectivity index (χ1v) is 9.17. The molecule has 0 spiro atoms. The maximum atomic E-state index is 12.2. The van der Waals surface area contributed by atoms with Crippen molar-refractivity contribution in [2.24, 2.45) is 0 Å². The third kappa shape index (κ3) is 5.38. The molecule has 0 radical (unpaired) electrons. The number of para-hydroxylation sites is 1. The van der Waals surface area contributed by atoms with Crippen molar-refractivity contribution in [3.05, 3.63) is 72.7 Å². The van der Waals surface area contributed by atoms with Crippen LogP contribution in [-0.2, 0) is 14.3 Å². The van der Waals surface area contributed by atoms with Crippen LogP contribution < -0.4 is 5.32 Å². The molecule has 1 unspecified atom stereocenters. The minimum atomic E-state index is -0.371. The molecule has 0 bridgehead atoms. The number of methoxy groups -OCH3 is 1. The molecule has 3 aromatic rings. The summed E-state index contributed by atoms with van der Waals surface area (Å²) in [6.45, 7) is 1.75. The first-order valence-electron chi connectivity index (χ1n) is 9.17. The number of benzene rings is 1. The van der Waals surface area contributed by atoms with Crippen molar-refractivity contribution in [3.8, 4) is 16.9 Å². The monoisotopic (exact) mass is 390 g/mol. The number of hydrogen-bond donors (Lipinski definition) is 1. The standard InChI is InChI=1S/C22H22N4O3/c1-16(13-21(28)29-2)24-20(27)11-10-18-15-26(19-8-4-3-5-9-19)25-22(18)17-7-6-12-23-14-17/h3-12,14-16H,13H2,1-2H3,(H,24,27)/b11-10+. The Labute approximate surface area is 169 Å². The summed E-state index contributed by atoms with van der Waals surface area (Å²) >= 11 is 0. The van der Waals surface area contributed by atoms with Gasteiger partial charge in [0.1, 0.15) is 5.69 Å². The smallest absolute Gasteiger partial charge is 0.307 e. The summed E-state index contributed by atoms with van der Waals surface area (Å²) in [5.74, 6) is -0.671. The Balaban J connectivity index is 1.84. The second-order valence-electron chi connectivity index (χ2n) is 6.48. The summed E-state index contributed by atoms with van der Waals surface area (Å²) < 4.78 is 6.38. The van der Waals surface area contributed by atoms with Crippen molar-refractivity contribution >= 4 is 18.0 Å². The van der Waals surface area contributed by atoms with E-state index in [2.05, 4.69) is 20.1 Å². The first-order chi connectivity index (χ1) is 14.1. The second-order valence-corrected chi connectivity index (χ2v) is 6.48. The fourth-order valence-corrected chi connectivity index (χ4v) is 2.79.